The summed E-state index contributed by atoms with van der Waals surface area (Å²) in [6.45, 7) is 1.92. The molecule has 0 radical (unpaired) electrons. The van der Waals surface area contributed by atoms with Crippen LogP contribution in [0.5, 0.6) is 0 Å². The first-order chi connectivity index (χ1) is 22.2. The third-order valence-corrected chi connectivity index (χ3v) is 9.89. The Balaban J connectivity index is 1.45. The number of amides is 3. The van der Waals surface area contributed by atoms with Gasteiger partial charge in [0.15, 0.2) is 0 Å². The second kappa shape index (κ2) is 13.0. The molecule has 1 N–H and O–H groups in total. The quantitative estimate of drug-likeness (QED) is 0.389. The van der Waals surface area contributed by atoms with Crippen LogP contribution in [0.1, 0.15) is 37.9 Å². The van der Waals surface area contributed by atoms with Crippen molar-refractivity contribution < 1.29 is 33.8 Å². The van der Waals surface area contributed by atoms with Crippen molar-refractivity contribution in [2.75, 3.05) is 31.6 Å². The van der Waals surface area contributed by atoms with Gasteiger partial charge in [-0.25, -0.2) is 0 Å². The van der Waals surface area contributed by atoms with Gasteiger partial charge in [0.1, 0.15) is 23.7 Å². The van der Waals surface area contributed by atoms with Crippen molar-refractivity contribution in [3.05, 3.63) is 89.5 Å². The van der Waals surface area contributed by atoms with E-state index in [9.17, 15) is 24.3 Å². The number of ether oxygens (including phenoxy) is 2. The fourth-order valence-corrected chi connectivity index (χ4v) is 7.32. The first-order valence-corrected chi connectivity index (χ1v) is 16.1. The van der Waals surface area contributed by atoms with Crippen LogP contribution in [-0.2, 0) is 28.7 Å². The van der Waals surface area contributed by atoms with Crippen LogP contribution in [0.4, 0.5) is 5.69 Å². The Morgan fingerprint density at radius 1 is 1.00 bits per heavy atom. The van der Waals surface area contributed by atoms with Crippen LogP contribution in [0.2, 0.25) is 5.02 Å². The summed E-state index contributed by atoms with van der Waals surface area (Å²) in [5.41, 5.74) is -0.126. The Hall–Kier alpha value is -3.99. The Labute approximate surface area is 273 Å². The van der Waals surface area contributed by atoms with Crippen LogP contribution < -0.4 is 4.90 Å². The molecule has 4 aliphatic heterocycles. The monoisotopic (exact) mass is 647 g/mol. The summed E-state index contributed by atoms with van der Waals surface area (Å²) in [7, 11) is 1.69. The van der Waals surface area contributed by atoms with Crippen molar-refractivity contribution >= 4 is 41.0 Å². The van der Waals surface area contributed by atoms with Crippen molar-refractivity contribution in [3.63, 3.8) is 0 Å². The van der Waals surface area contributed by atoms with Gasteiger partial charge in [0.25, 0.3) is 5.91 Å². The van der Waals surface area contributed by atoms with Gasteiger partial charge in [-0.2, -0.15) is 0 Å². The SMILES string of the molecule is C[C@H]1[C@H](c2ccccc2)OC(=O)[C@@H]2[C@H]3C(=O)N(CCCO)[C@H](C(=O)N(c4ccc(Cl)cc4)C/C=C\CCC(=O)N1C)[C@]31C=C[C@H]2O1. The molecule has 2 saturated heterocycles. The van der Waals surface area contributed by atoms with Gasteiger partial charge in [-0.1, -0.05) is 66.2 Å². The molecule has 10 nitrogen and oxygen atoms in total. The van der Waals surface area contributed by atoms with Crippen LogP contribution in [0.3, 0.4) is 0 Å². The lowest BCUT2D eigenvalue weighted by molar-refractivity contribution is -0.164. The molecule has 0 aromatic heterocycles. The molecule has 4 aliphatic rings. The zero-order valence-electron chi connectivity index (χ0n) is 25.8. The molecule has 0 unspecified atom stereocenters. The number of nitrogens with zero attached hydrogens (tertiary/aromatic N) is 3. The molecule has 2 fully saturated rings. The molecule has 7 atom stereocenters. The molecule has 46 heavy (non-hydrogen) atoms. The number of fused-ring (bicyclic) bond motifs is 2. The molecule has 11 heteroatoms. The van der Waals surface area contributed by atoms with E-state index >= 15 is 0 Å². The number of likely N-dealkylation sites (tertiary alicyclic amines) is 1. The van der Waals surface area contributed by atoms with Gasteiger partial charge in [-0.3, -0.25) is 19.2 Å². The largest absolute Gasteiger partial charge is 0.455 e. The number of aliphatic hydroxyl groups excluding tert-OH is 1. The third kappa shape index (κ3) is 5.52. The molecule has 2 aromatic rings. The number of benzene rings is 2. The molecule has 6 rings (SSSR count). The highest BCUT2D eigenvalue weighted by atomic mass is 35.5. The van der Waals surface area contributed by atoms with Crippen molar-refractivity contribution in [2.24, 2.45) is 11.8 Å². The molecule has 242 valence electrons. The summed E-state index contributed by atoms with van der Waals surface area (Å²) in [4.78, 5) is 61.1. The minimum atomic E-state index is -1.40. The molecule has 2 aromatic carbocycles. The number of carbonyl (C=O) groups excluding carboxylic acids is 4. The van der Waals surface area contributed by atoms with Crippen LogP contribution in [0.15, 0.2) is 78.9 Å². The number of hydrogen-bond acceptors (Lipinski definition) is 7. The molecule has 4 heterocycles. The fourth-order valence-electron chi connectivity index (χ4n) is 7.19. The maximum atomic E-state index is 14.7. The highest BCUT2D eigenvalue weighted by Crippen LogP contribution is 2.56. The van der Waals surface area contributed by atoms with Gasteiger partial charge in [-0.15, -0.1) is 0 Å². The number of hydrogen-bond donors (Lipinski definition) is 1. The van der Waals surface area contributed by atoms with E-state index in [1.165, 1.54) is 4.90 Å². The van der Waals surface area contributed by atoms with E-state index in [0.29, 0.717) is 22.7 Å². The zero-order chi connectivity index (χ0) is 32.6. The second-order valence-corrected chi connectivity index (χ2v) is 12.7. The summed E-state index contributed by atoms with van der Waals surface area (Å²) >= 11 is 6.17. The van der Waals surface area contributed by atoms with E-state index in [1.807, 2.05) is 49.4 Å². The van der Waals surface area contributed by atoms with Gasteiger partial charge < -0.3 is 29.3 Å². The molecule has 1 spiro atoms. The van der Waals surface area contributed by atoms with E-state index in [1.54, 1.807) is 53.3 Å². The van der Waals surface area contributed by atoms with Crippen molar-refractivity contribution in [1.82, 2.24) is 9.80 Å². The van der Waals surface area contributed by atoms with E-state index < -0.39 is 59.5 Å². The Morgan fingerprint density at radius 3 is 2.46 bits per heavy atom. The smallest absolute Gasteiger partial charge is 0.313 e. The summed E-state index contributed by atoms with van der Waals surface area (Å²) in [6, 6.07) is 14.4. The highest BCUT2D eigenvalue weighted by Gasteiger charge is 2.73. The van der Waals surface area contributed by atoms with E-state index in [-0.39, 0.29) is 38.4 Å². The summed E-state index contributed by atoms with van der Waals surface area (Å²) < 4.78 is 12.7. The minimum absolute atomic E-state index is 0.106. The Kier molecular flexibility index (Phi) is 9.05. The molecule has 0 aliphatic carbocycles. The Morgan fingerprint density at radius 2 is 1.74 bits per heavy atom. The lowest BCUT2D eigenvalue weighted by Crippen LogP contribution is -2.56. The molecule has 0 saturated carbocycles. The number of likely N-dealkylation sites (N-methyl/N-ethyl adjacent to an activating group) is 1. The van der Waals surface area contributed by atoms with Gasteiger partial charge in [0.05, 0.1) is 18.1 Å². The van der Waals surface area contributed by atoms with E-state index in [2.05, 4.69) is 0 Å². The lowest BCUT2D eigenvalue weighted by Gasteiger charge is -2.36. The standard InChI is InChI=1S/C35H38ClN3O7/c1-22-30(23-10-5-3-6-11-23)45-34(44)28-26-17-18-35(46-26)29(28)32(42)39(20-9-21-40)31(35)33(43)38(25-15-13-24(36)14-16-25)19-8-4-7-12-27(41)37(22)2/h3-6,8,10-11,13-18,22,26,28-31,40H,7,9,12,19-21H2,1-2H3/b8-4-/t22-,26+,28-,29-,30+,31+,35-/m0/s1. The predicted molar refractivity (Wildman–Crippen MR) is 171 cm³/mol. The van der Waals surface area contributed by atoms with Crippen LogP contribution in [0.25, 0.3) is 0 Å². The third-order valence-electron chi connectivity index (χ3n) is 9.63. The van der Waals surface area contributed by atoms with Crippen LogP contribution in [0, 0.1) is 11.8 Å². The van der Waals surface area contributed by atoms with Gasteiger partial charge in [-0.05, 0) is 49.6 Å². The molecule has 5 bridgehead atoms. The second-order valence-electron chi connectivity index (χ2n) is 12.3. The maximum absolute atomic E-state index is 14.7. The van der Waals surface area contributed by atoms with Crippen LogP contribution >= 0.6 is 11.6 Å². The maximum Gasteiger partial charge on any atom is 0.313 e. The molecule has 3 amide bonds. The van der Waals surface area contributed by atoms with E-state index in [4.69, 9.17) is 21.1 Å². The number of esters is 1. The highest BCUT2D eigenvalue weighted by molar-refractivity contribution is 6.30. The molecular formula is C35H38ClN3O7. The summed E-state index contributed by atoms with van der Waals surface area (Å²) in [6.07, 6.45) is 6.49. The van der Waals surface area contributed by atoms with Gasteiger partial charge in [0, 0.05) is 43.9 Å². The number of carbonyl (C=O) groups is 4. The number of cyclic esters (lactones) is 1. The van der Waals surface area contributed by atoms with Crippen molar-refractivity contribution in [1.29, 1.82) is 0 Å². The van der Waals surface area contributed by atoms with Crippen molar-refractivity contribution in [2.45, 2.75) is 56.1 Å². The van der Waals surface area contributed by atoms with Gasteiger partial charge >= 0.3 is 5.97 Å². The lowest BCUT2D eigenvalue weighted by atomic mass is 9.74. The van der Waals surface area contributed by atoms with Crippen LogP contribution in [-0.4, -0.2) is 89.1 Å². The normalized spacial score (nSPS) is 32.2. The summed E-state index contributed by atoms with van der Waals surface area (Å²) in [5.74, 6) is -3.56. The zero-order valence-corrected chi connectivity index (χ0v) is 26.6. The number of rotatable bonds is 5. The average Bonchev–Trinajstić information content (AvgIpc) is 3.71. The van der Waals surface area contributed by atoms with E-state index in [0.717, 1.165) is 0 Å². The minimum Gasteiger partial charge on any atom is -0.455 e. The molecular weight excluding hydrogens is 610 g/mol. The first kappa shape index (κ1) is 32.0. The topological polar surface area (TPSA) is 117 Å². The number of halogens is 1. The number of anilines is 1. The Bertz CT molecular complexity index is 1550. The number of allylic oxidation sites excluding steroid dienone is 1. The average molecular weight is 648 g/mol. The number of aliphatic hydroxyl groups is 1. The van der Waals surface area contributed by atoms with Gasteiger partial charge in [0.2, 0.25) is 11.8 Å². The fraction of sp³-hybridized carbons (Fsp3) is 0.429. The predicted octanol–water partition coefficient (Wildman–Crippen LogP) is 3.69. The summed E-state index contributed by atoms with van der Waals surface area (Å²) in [5, 5.41) is 10.2. The first-order valence-electron chi connectivity index (χ1n) is 15.7. The van der Waals surface area contributed by atoms with Crippen molar-refractivity contribution in [3.8, 4) is 0 Å².